The standard InChI is InChI=1S/C23H28N6O3/c1-14-9-15(2)29-23(25-14)26-20(27-29)10-21(30)24-11-18-5-7-19(8-6-18)22(31)28-12-16(3)32-17(4)13-28/h5-9,16-17H,10-13H2,1-4H3,(H,24,30). The third-order valence-electron chi connectivity index (χ3n) is 5.38. The normalized spacial score (nSPS) is 18.7. The van der Waals surface area contributed by atoms with Crippen LogP contribution in [0.4, 0.5) is 0 Å². The largest absolute Gasteiger partial charge is 0.372 e. The molecule has 1 aromatic carbocycles. The minimum absolute atomic E-state index is 0.000326. The lowest BCUT2D eigenvalue weighted by Gasteiger charge is -2.35. The van der Waals surface area contributed by atoms with Gasteiger partial charge in [-0.1, -0.05) is 12.1 Å². The van der Waals surface area contributed by atoms with Crippen molar-refractivity contribution in [2.24, 2.45) is 0 Å². The number of aromatic nitrogens is 4. The second-order valence-electron chi connectivity index (χ2n) is 8.40. The van der Waals surface area contributed by atoms with Crippen molar-refractivity contribution in [2.45, 2.75) is 52.9 Å². The second kappa shape index (κ2) is 9.04. The quantitative estimate of drug-likeness (QED) is 0.655. The van der Waals surface area contributed by atoms with Gasteiger partial charge in [-0.05, 0) is 51.5 Å². The van der Waals surface area contributed by atoms with Crippen LogP contribution in [0.2, 0.25) is 0 Å². The summed E-state index contributed by atoms with van der Waals surface area (Å²) in [7, 11) is 0. The number of carbonyl (C=O) groups excluding carboxylic acids is 2. The molecule has 0 saturated carbocycles. The number of carbonyl (C=O) groups is 2. The molecule has 2 aromatic heterocycles. The summed E-state index contributed by atoms with van der Waals surface area (Å²) in [5, 5.41) is 7.25. The van der Waals surface area contributed by atoms with Crippen LogP contribution in [0.5, 0.6) is 0 Å². The van der Waals surface area contributed by atoms with Crippen molar-refractivity contribution < 1.29 is 14.3 Å². The number of nitrogens with one attached hydrogen (secondary N) is 1. The molecule has 168 valence electrons. The summed E-state index contributed by atoms with van der Waals surface area (Å²) in [6.45, 7) is 9.32. The lowest BCUT2D eigenvalue weighted by atomic mass is 10.1. The van der Waals surface area contributed by atoms with Crippen molar-refractivity contribution in [3.8, 4) is 0 Å². The molecule has 3 heterocycles. The maximum atomic E-state index is 12.8. The van der Waals surface area contributed by atoms with E-state index in [0.717, 1.165) is 17.0 Å². The van der Waals surface area contributed by atoms with Gasteiger partial charge in [0.2, 0.25) is 5.91 Å². The molecular formula is C23H28N6O3. The Morgan fingerprint density at radius 2 is 1.78 bits per heavy atom. The predicted molar refractivity (Wildman–Crippen MR) is 118 cm³/mol. The molecule has 9 nitrogen and oxygen atoms in total. The fraction of sp³-hybridized carbons (Fsp3) is 0.435. The molecule has 4 rings (SSSR count). The molecule has 1 saturated heterocycles. The third-order valence-corrected chi connectivity index (χ3v) is 5.38. The average molecular weight is 437 g/mol. The molecule has 0 bridgehead atoms. The number of morpholine rings is 1. The summed E-state index contributed by atoms with van der Waals surface area (Å²) in [6.07, 6.45) is 0.137. The summed E-state index contributed by atoms with van der Waals surface area (Å²) in [4.78, 5) is 35.6. The van der Waals surface area contributed by atoms with Crippen LogP contribution in [-0.2, 0) is 22.5 Å². The molecule has 2 amide bonds. The van der Waals surface area contributed by atoms with Crippen LogP contribution in [0, 0.1) is 13.8 Å². The molecule has 1 aliphatic rings. The molecule has 0 spiro atoms. The Balaban J connectivity index is 1.32. The molecule has 2 unspecified atom stereocenters. The Bertz CT molecular complexity index is 1130. The third kappa shape index (κ3) is 4.94. The number of rotatable bonds is 5. The van der Waals surface area contributed by atoms with Gasteiger partial charge in [0.15, 0.2) is 5.82 Å². The van der Waals surface area contributed by atoms with Gasteiger partial charge in [-0.25, -0.2) is 9.50 Å². The van der Waals surface area contributed by atoms with Gasteiger partial charge in [-0.2, -0.15) is 4.98 Å². The Labute approximate surface area is 186 Å². The monoisotopic (exact) mass is 436 g/mol. The number of fused-ring (bicyclic) bond motifs is 1. The van der Waals surface area contributed by atoms with Gasteiger partial charge in [0, 0.05) is 36.6 Å². The summed E-state index contributed by atoms with van der Waals surface area (Å²) < 4.78 is 7.34. The fourth-order valence-corrected chi connectivity index (χ4v) is 3.98. The summed E-state index contributed by atoms with van der Waals surface area (Å²) >= 11 is 0. The first-order chi connectivity index (χ1) is 15.3. The van der Waals surface area contributed by atoms with E-state index in [9.17, 15) is 9.59 Å². The smallest absolute Gasteiger partial charge is 0.254 e. The topological polar surface area (TPSA) is 102 Å². The SMILES string of the molecule is Cc1cc(C)n2nc(CC(=O)NCc3ccc(C(=O)N4CC(C)OC(C)C4)cc3)nc2n1. The van der Waals surface area contributed by atoms with Gasteiger partial charge in [0.05, 0.1) is 18.6 Å². The summed E-state index contributed by atoms with van der Waals surface area (Å²) in [5.41, 5.74) is 3.32. The molecule has 1 N–H and O–H groups in total. The first-order valence-electron chi connectivity index (χ1n) is 10.8. The maximum absolute atomic E-state index is 12.8. The van der Waals surface area contributed by atoms with Gasteiger partial charge < -0.3 is 15.0 Å². The molecule has 1 aliphatic heterocycles. The Morgan fingerprint density at radius 3 is 2.47 bits per heavy atom. The zero-order chi connectivity index (χ0) is 22.8. The Morgan fingerprint density at radius 1 is 1.09 bits per heavy atom. The number of nitrogens with zero attached hydrogens (tertiary/aromatic N) is 5. The van der Waals surface area contributed by atoms with E-state index in [0.29, 0.717) is 36.8 Å². The van der Waals surface area contributed by atoms with Crippen LogP contribution in [-0.4, -0.2) is 61.6 Å². The van der Waals surface area contributed by atoms with Gasteiger partial charge >= 0.3 is 0 Å². The highest BCUT2D eigenvalue weighted by atomic mass is 16.5. The van der Waals surface area contributed by atoms with Crippen molar-refractivity contribution in [3.05, 3.63) is 58.7 Å². The summed E-state index contributed by atoms with van der Waals surface area (Å²) in [6, 6.07) is 9.24. The van der Waals surface area contributed by atoms with E-state index in [-0.39, 0.29) is 30.4 Å². The number of hydrogen-bond donors (Lipinski definition) is 1. The zero-order valence-electron chi connectivity index (χ0n) is 18.8. The Kier molecular flexibility index (Phi) is 6.18. The first kappa shape index (κ1) is 21.9. The number of hydrogen-bond acceptors (Lipinski definition) is 6. The molecule has 32 heavy (non-hydrogen) atoms. The van der Waals surface area contributed by atoms with Crippen molar-refractivity contribution >= 4 is 17.6 Å². The van der Waals surface area contributed by atoms with Crippen LogP contribution >= 0.6 is 0 Å². The highest BCUT2D eigenvalue weighted by molar-refractivity contribution is 5.94. The van der Waals surface area contributed by atoms with Crippen LogP contribution in [0.3, 0.4) is 0 Å². The van der Waals surface area contributed by atoms with Gasteiger partial charge in [0.25, 0.3) is 11.7 Å². The number of aryl methyl sites for hydroxylation is 2. The second-order valence-corrected chi connectivity index (χ2v) is 8.40. The number of benzene rings is 1. The Hall–Kier alpha value is -3.33. The van der Waals surface area contributed by atoms with E-state index in [4.69, 9.17) is 4.74 Å². The van der Waals surface area contributed by atoms with Crippen molar-refractivity contribution in [1.82, 2.24) is 29.8 Å². The van der Waals surface area contributed by atoms with Gasteiger partial charge in [0.1, 0.15) is 0 Å². The number of ether oxygens (including phenoxy) is 1. The van der Waals surface area contributed by atoms with E-state index >= 15 is 0 Å². The van der Waals surface area contributed by atoms with Crippen LogP contribution in [0.15, 0.2) is 30.3 Å². The van der Waals surface area contributed by atoms with Gasteiger partial charge in [-0.3, -0.25) is 9.59 Å². The van der Waals surface area contributed by atoms with E-state index < -0.39 is 0 Å². The van der Waals surface area contributed by atoms with E-state index in [1.165, 1.54) is 0 Å². The molecule has 3 aromatic rings. The lowest BCUT2D eigenvalue weighted by Crippen LogP contribution is -2.48. The zero-order valence-corrected chi connectivity index (χ0v) is 18.8. The van der Waals surface area contributed by atoms with Crippen molar-refractivity contribution in [1.29, 1.82) is 0 Å². The lowest BCUT2D eigenvalue weighted by molar-refractivity contribution is -0.120. The highest BCUT2D eigenvalue weighted by Crippen LogP contribution is 2.15. The maximum Gasteiger partial charge on any atom is 0.254 e. The van der Waals surface area contributed by atoms with Crippen LogP contribution in [0.25, 0.3) is 5.78 Å². The average Bonchev–Trinajstić information content (AvgIpc) is 3.14. The predicted octanol–water partition coefficient (Wildman–Crippen LogP) is 1.85. The van der Waals surface area contributed by atoms with E-state index in [2.05, 4.69) is 20.4 Å². The van der Waals surface area contributed by atoms with Crippen LogP contribution in [0.1, 0.15) is 47.0 Å². The van der Waals surface area contributed by atoms with E-state index in [1.54, 1.807) is 16.6 Å². The van der Waals surface area contributed by atoms with Crippen molar-refractivity contribution in [3.63, 3.8) is 0 Å². The van der Waals surface area contributed by atoms with Crippen LogP contribution < -0.4 is 5.32 Å². The molecule has 1 fully saturated rings. The highest BCUT2D eigenvalue weighted by Gasteiger charge is 2.26. The minimum Gasteiger partial charge on any atom is -0.372 e. The number of amides is 2. The molecule has 0 aliphatic carbocycles. The van der Waals surface area contributed by atoms with E-state index in [1.807, 2.05) is 50.8 Å². The van der Waals surface area contributed by atoms with Gasteiger partial charge in [-0.15, -0.1) is 5.10 Å². The minimum atomic E-state index is -0.174. The summed E-state index contributed by atoms with van der Waals surface area (Å²) in [5.74, 6) is 0.750. The van der Waals surface area contributed by atoms with Crippen molar-refractivity contribution in [2.75, 3.05) is 13.1 Å². The first-order valence-corrected chi connectivity index (χ1v) is 10.8. The molecule has 9 heteroatoms. The molecule has 0 radical (unpaired) electrons. The molecular weight excluding hydrogens is 408 g/mol. The molecule has 2 atom stereocenters. The fourth-order valence-electron chi connectivity index (χ4n) is 3.98.